The summed E-state index contributed by atoms with van der Waals surface area (Å²) < 4.78 is 32.3. The highest BCUT2D eigenvalue weighted by molar-refractivity contribution is 9.10. The molecule has 2 rings (SSSR count). The molecule has 0 fully saturated rings. The lowest BCUT2D eigenvalue weighted by atomic mass is 10.2. The number of benzene rings is 1. The molecule has 28 heavy (non-hydrogen) atoms. The van der Waals surface area contributed by atoms with Gasteiger partial charge in [-0.05, 0) is 60.1 Å². The van der Waals surface area contributed by atoms with Crippen molar-refractivity contribution in [3.8, 4) is 0 Å². The van der Waals surface area contributed by atoms with Gasteiger partial charge in [-0.2, -0.15) is 0 Å². The average Bonchev–Trinajstić information content (AvgIpc) is 2.61. The second-order valence-electron chi connectivity index (χ2n) is 5.90. The van der Waals surface area contributed by atoms with E-state index in [9.17, 15) is 18.0 Å². The van der Waals surface area contributed by atoms with Gasteiger partial charge in [0.25, 0.3) is 5.91 Å². The van der Waals surface area contributed by atoms with E-state index in [0.717, 1.165) is 0 Å². The van der Waals surface area contributed by atoms with E-state index < -0.39 is 28.5 Å². The predicted octanol–water partition coefficient (Wildman–Crippen LogP) is 2.98. The number of pyridine rings is 1. The SMILES string of the molecule is CC(C)NS(=O)(=O)c1ccc(Br)c(C(=O)OCC(=O)Nc2ccc(Cl)cn2)c1. The number of nitrogens with zero attached hydrogens (tertiary/aromatic N) is 1. The zero-order valence-corrected chi connectivity index (χ0v) is 18.1. The fourth-order valence-corrected chi connectivity index (χ4v) is 3.84. The lowest BCUT2D eigenvalue weighted by molar-refractivity contribution is -0.119. The summed E-state index contributed by atoms with van der Waals surface area (Å²) in [4.78, 5) is 28.0. The normalized spacial score (nSPS) is 11.3. The van der Waals surface area contributed by atoms with Crippen LogP contribution in [0.15, 0.2) is 45.9 Å². The summed E-state index contributed by atoms with van der Waals surface area (Å²) in [5, 5.41) is 2.86. The van der Waals surface area contributed by atoms with E-state index in [1.807, 2.05) is 0 Å². The second kappa shape index (κ2) is 9.46. The van der Waals surface area contributed by atoms with Crippen LogP contribution in [0.25, 0.3) is 0 Å². The van der Waals surface area contributed by atoms with Gasteiger partial charge in [-0.15, -0.1) is 0 Å². The summed E-state index contributed by atoms with van der Waals surface area (Å²) in [7, 11) is -3.78. The van der Waals surface area contributed by atoms with Crippen LogP contribution in [-0.2, 0) is 19.6 Å². The molecule has 1 aromatic heterocycles. The van der Waals surface area contributed by atoms with Crippen molar-refractivity contribution in [2.75, 3.05) is 11.9 Å². The molecule has 0 bridgehead atoms. The summed E-state index contributed by atoms with van der Waals surface area (Å²) in [6.07, 6.45) is 1.36. The number of rotatable bonds is 7. The van der Waals surface area contributed by atoms with Gasteiger partial charge >= 0.3 is 5.97 Å². The third kappa shape index (κ3) is 6.26. The number of ether oxygens (including phenoxy) is 1. The number of carbonyl (C=O) groups is 2. The molecule has 0 spiro atoms. The van der Waals surface area contributed by atoms with E-state index >= 15 is 0 Å². The largest absolute Gasteiger partial charge is 0.452 e. The maximum absolute atomic E-state index is 12.3. The summed E-state index contributed by atoms with van der Waals surface area (Å²) in [5.74, 6) is -1.21. The molecule has 0 atom stereocenters. The average molecular weight is 491 g/mol. The van der Waals surface area contributed by atoms with Gasteiger partial charge in [0.05, 0.1) is 15.5 Å². The topological polar surface area (TPSA) is 114 Å². The fraction of sp³-hybridized carbons (Fsp3) is 0.235. The first-order valence-electron chi connectivity index (χ1n) is 7.99. The van der Waals surface area contributed by atoms with Crippen LogP contribution in [0.3, 0.4) is 0 Å². The predicted molar refractivity (Wildman–Crippen MR) is 108 cm³/mol. The number of halogens is 2. The third-order valence-corrected chi connectivity index (χ3v) is 5.76. The maximum atomic E-state index is 12.3. The van der Waals surface area contributed by atoms with Crippen molar-refractivity contribution < 1.29 is 22.7 Å². The van der Waals surface area contributed by atoms with E-state index in [4.69, 9.17) is 16.3 Å². The van der Waals surface area contributed by atoms with Gasteiger partial charge in [0, 0.05) is 16.7 Å². The summed E-state index contributed by atoms with van der Waals surface area (Å²) in [6, 6.07) is 6.68. The number of hydrogen-bond acceptors (Lipinski definition) is 6. The third-order valence-electron chi connectivity index (χ3n) is 3.19. The van der Waals surface area contributed by atoms with Gasteiger partial charge in [-0.25, -0.2) is 22.9 Å². The molecule has 150 valence electrons. The number of aromatic nitrogens is 1. The summed E-state index contributed by atoms with van der Waals surface area (Å²) >= 11 is 8.89. The van der Waals surface area contributed by atoms with E-state index in [1.54, 1.807) is 19.9 Å². The number of esters is 1. The van der Waals surface area contributed by atoms with Crippen LogP contribution < -0.4 is 10.0 Å². The van der Waals surface area contributed by atoms with Crippen LogP contribution in [0.5, 0.6) is 0 Å². The fourth-order valence-electron chi connectivity index (χ4n) is 2.04. The molecule has 0 saturated carbocycles. The number of hydrogen-bond donors (Lipinski definition) is 2. The van der Waals surface area contributed by atoms with Crippen molar-refractivity contribution in [2.45, 2.75) is 24.8 Å². The summed E-state index contributed by atoms with van der Waals surface area (Å²) in [6.45, 7) is 2.79. The smallest absolute Gasteiger partial charge is 0.339 e. The number of sulfonamides is 1. The molecule has 0 saturated heterocycles. The van der Waals surface area contributed by atoms with E-state index in [2.05, 4.69) is 31.0 Å². The molecule has 2 N–H and O–H groups in total. The van der Waals surface area contributed by atoms with Gasteiger partial charge in [0.2, 0.25) is 10.0 Å². The molecule has 0 aliphatic carbocycles. The van der Waals surface area contributed by atoms with Crippen LogP contribution in [0.1, 0.15) is 24.2 Å². The van der Waals surface area contributed by atoms with Crippen LogP contribution >= 0.6 is 27.5 Å². The highest BCUT2D eigenvalue weighted by Gasteiger charge is 2.20. The first kappa shape index (κ1) is 22.3. The van der Waals surface area contributed by atoms with Crippen molar-refractivity contribution in [1.29, 1.82) is 0 Å². The lowest BCUT2D eigenvalue weighted by Gasteiger charge is -2.12. The van der Waals surface area contributed by atoms with Crippen molar-refractivity contribution >= 4 is 55.2 Å². The van der Waals surface area contributed by atoms with E-state index in [0.29, 0.717) is 9.50 Å². The molecule has 1 amide bonds. The number of anilines is 1. The van der Waals surface area contributed by atoms with Crippen molar-refractivity contribution in [3.05, 3.63) is 51.6 Å². The molecule has 1 aromatic carbocycles. The van der Waals surface area contributed by atoms with Gasteiger partial charge in [-0.1, -0.05) is 11.6 Å². The van der Waals surface area contributed by atoms with E-state index in [1.165, 1.54) is 30.5 Å². The van der Waals surface area contributed by atoms with Gasteiger partial charge in [-0.3, -0.25) is 4.79 Å². The number of nitrogens with one attached hydrogen (secondary N) is 2. The lowest BCUT2D eigenvalue weighted by Crippen LogP contribution is -2.30. The van der Waals surface area contributed by atoms with Gasteiger partial charge in [0.15, 0.2) is 6.61 Å². The quantitative estimate of drug-likeness (QED) is 0.577. The second-order valence-corrected chi connectivity index (χ2v) is 8.91. The standard InChI is InChI=1S/C17H17BrClN3O5S/c1-10(2)22-28(25,26)12-4-5-14(18)13(7-12)17(24)27-9-16(23)21-15-6-3-11(19)8-20-15/h3-8,10,22H,9H2,1-2H3,(H,20,21,23). The Bertz CT molecular complexity index is 981. The molecule has 1 heterocycles. The molecule has 0 aliphatic rings. The Kier molecular flexibility index (Phi) is 7.53. The van der Waals surface area contributed by atoms with Crippen LogP contribution in [0, 0.1) is 0 Å². The minimum atomic E-state index is -3.78. The first-order valence-corrected chi connectivity index (χ1v) is 10.6. The minimum Gasteiger partial charge on any atom is -0.452 e. The molecule has 8 nitrogen and oxygen atoms in total. The van der Waals surface area contributed by atoms with Crippen molar-refractivity contribution in [3.63, 3.8) is 0 Å². The van der Waals surface area contributed by atoms with Crippen molar-refractivity contribution in [2.24, 2.45) is 0 Å². The van der Waals surface area contributed by atoms with Crippen molar-refractivity contribution in [1.82, 2.24) is 9.71 Å². The van der Waals surface area contributed by atoms with E-state index in [-0.39, 0.29) is 22.3 Å². The Morgan fingerprint density at radius 3 is 2.57 bits per heavy atom. The Morgan fingerprint density at radius 1 is 1.25 bits per heavy atom. The zero-order chi connectivity index (χ0) is 20.9. The van der Waals surface area contributed by atoms with Crippen LogP contribution in [0.4, 0.5) is 5.82 Å². The van der Waals surface area contributed by atoms with Gasteiger partial charge < -0.3 is 10.1 Å². The molecule has 2 aromatic rings. The molecule has 0 radical (unpaired) electrons. The molecule has 0 unspecified atom stereocenters. The monoisotopic (exact) mass is 489 g/mol. The summed E-state index contributed by atoms with van der Waals surface area (Å²) in [5.41, 5.74) is -0.0240. The molecular weight excluding hydrogens is 474 g/mol. The maximum Gasteiger partial charge on any atom is 0.339 e. The molecule has 0 aliphatic heterocycles. The highest BCUT2D eigenvalue weighted by Crippen LogP contribution is 2.22. The van der Waals surface area contributed by atoms with Crippen LogP contribution in [0.2, 0.25) is 5.02 Å². The molecule has 11 heteroatoms. The van der Waals surface area contributed by atoms with Gasteiger partial charge in [0.1, 0.15) is 5.82 Å². The van der Waals surface area contributed by atoms with Crippen LogP contribution in [-0.4, -0.2) is 37.9 Å². The molecular formula is C17H17BrClN3O5S. The highest BCUT2D eigenvalue weighted by atomic mass is 79.9. The first-order chi connectivity index (χ1) is 13.1. The number of amides is 1. The Balaban J connectivity index is 2.06. The minimum absolute atomic E-state index is 0.0240. The Morgan fingerprint density at radius 2 is 1.96 bits per heavy atom. The Hall–Kier alpha value is -2.01. The number of carbonyl (C=O) groups excluding carboxylic acids is 2. The Labute approximate surface area is 175 Å². The zero-order valence-electron chi connectivity index (χ0n) is 14.9.